The molecule has 1 atom stereocenters. The number of aryl methyl sites for hydroxylation is 1. The van der Waals surface area contributed by atoms with Crippen LogP contribution in [0.5, 0.6) is 0 Å². The molecule has 2 amide bonds. The van der Waals surface area contributed by atoms with Gasteiger partial charge in [-0.3, -0.25) is 9.59 Å². The van der Waals surface area contributed by atoms with Crippen molar-refractivity contribution >= 4 is 17.5 Å². The first-order valence-electron chi connectivity index (χ1n) is 7.92. The minimum Gasteiger partial charge on any atom is -0.337 e. The number of carbonyl (C=O) groups is 2. The third kappa shape index (κ3) is 3.32. The maximum atomic E-state index is 12.9. The average Bonchev–Trinajstić information content (AvgIpc) is 2.81. The van der Waals surface area contributed by atoms with E-state index < -0.39 is 0 Å². The van der Waals surface area contributed by atoms with Crippen LogP contribution in [0.4, 0.5) is 5.69 Å². The standard InChI is InChI=1S/C18H26N2O2/c1-6-19(15-9-7-8-13(2)10-15)17(22)14-11-16(21)20(12-14)18(3,4)5/h7-10,14H,6,11-12H2,1-5H3. The molecule has 1 fully saturated rings. The van der Waals surface area contributed by atoms with Gasteiger partial charge in [-0.25, -0.2) is 0 Å². The Bertz CT molecular complexity index is 575. The van der Waals surface area contributed by atoms with Crippen LogP contribution in [-0.4, -0.2) is 35.3 Å². The normalized spacial score (nSPS) is 18.7. The van der Waals surface area contributed by atoms with Crippen LogP contribution < -0.4 is 4.90 Å². The minimum absolute atomic E-state index is 0.0493. The van der Waals surface area contributed by atoms with Gasteiger partial charge in [-0.2, -0.15) is 0 Å². The summed E-state index contributed by atoms with van der Waals surface area (Å²) in [6.45, 7) is 11.1. The third-order valence-corrected chi connectivity index (χ3v) is 4.18. The molecule has 1 unspecified atom stereocenters. The minimum atomic E-state index is -0.243. The second kappa shape index (κ2) is 6.11. The molecule has 0 aromatic heterocycles. The SMILES string of the molecule is CCN(C(=O)C1CC(=O)N(C(C)(C)C)C1)c1cccc(C)c1. The summed E-state index contributed by atoms with van der Waals surface area (Å²) in [5.74, 6) is -0.119. The van der Waals surface area contributed by atoms with Gasteiger partial charge >= 0.3 is 0 Å². The fourth-order valence-electron chi connectivity index (χ4n) is 3.00. The number of rotatable bonds is 3. The summed E-state index contributed by atoms with van der Waals surface area (Å²) >= 11 is 0. The first-order valence-corrected chi connectivity index (χ1v) is 7.92. The zero-order valence-corrected chi connectivity index (χ0v) is 14.2. The van der Waals surface area contributed by atoms with Crippen LogP contribution in [0.1, 0.15) is 39.7 Å². The molecule has 1 aromatic carbocycles. The van der Waals surface area contributed by atoms with Gasteiger partial charge in [0.05, 0.1) is 5.92 Å². The molecule has 0 radical (unpaired) electrons. The van der Waals surface area contributed by atoms with Gasteiger partial charge in [0.25, 0.3) is 0 Å². The Balaban J connectivity index is 2.18. The van der Waals surface area contributed by atoms with Crippen LogP contribution in [0.3, 0.4) is 0 Å². The Morgan fingerprint density at radius 1 is 1.36 bits per heavy atom. The Kier molecular flexibility index (Phi) is 4.59. The first kappa shape index (κ1) is 16.5. The zero-order valence-electron chi connectivity index (χ0n) is 14.2. The largest absolute Gasteiger partial charge is 0.337 e. The Labute approximate surface area is 133 Å². The summed E-state index contributed by atoms with van der Waals surface area (Å²) in [6.07, 6.45) is 0.318. The summed E-state index contributed by atoms with van der Waals surface area (Å²) in [4.78, 5) is 28.7. The maximum absolute atomic E-state index is 12.9. The number of amides is 2. The molecule has 2 rings (SSSR count). The molecule has 1 aliphatic rings. The number of nitrogens with zero attached hydrogens (tertiary/aromatic N) is 2. The molecule has 4 heteroatoms. The summed E-state index contributed by atoms with van der Waals surface area (Å²) in [5.41, 5.74) is 1.81. The van der Waals surface area contributed by atoms with Crippen molar-refractivity contribution in [2.45, 2.75) is 46.6 Å². The second-order valence-electron chi connectivity index (χ2n) is 7.00. The van der Waals surface area contributed by atoms with Crippen molar-refractivity contribution in [1.82, 2.24) is 4.90 Å². The van der Waals surface area contributed by atoms with Crippen LogP contribution >= 0.6 is 0 Å². The molecule has 0 spiro atoms. The fourth-order valence-corrected chi connectivity index (χ4v) is 3.00. The summed E-state index contributed by atoms with van der Waals surface area (Å²) in [6, 6.07) is 7.94. The Morgan fingerprint density at radius 3 is 2.55 bits per heavy atom. The van der Waals surface area contributed by atoms with E-state index in [0.717, 1.165) is 11.3 Å². The molecule has 1 aromatic rings. The predicted molar refractivity (Wildman–Crippen MR) is 88.8 cm³/mol. The highest BCUT2D eigenvalue weighted by molar-refractivity contribution is 5.99. The zero-order chi connectivity index (χ0) is 16.5. The van der Waals surface area contributed by atoms with E-state index in [-0.39, 0.29) is 23.3 Å². The van der Waals surface area contributed by atoms with Crippen molar-refractivity contribution in [3.63, 3.8) is 0 Å². The van der Waals surface area contributed by atoms with Crippen LogP contribution in [0.25, 0.3) is 0 Å². The Morgan fingerprint density at radius 2 is 2.05 bits per heavy atom. The number of carbonyl (C=O) groups excluding carboxylic acids is 2. The van der Waals surface area contributed by atoms with Crippen LogP contribution in [-0.2, 0) is 9.59 Å². The van der Waals surface area contributed by atoms with Gasteiger partial charge in [0, 0.05) is 30.7 Å². The highest BCUT2D eigenvalue weighted by Crippen LogP contribution is 2.28. The van der Waals surface area contributed by atoms with Crippen molar-refractivity contribution in [2.24, 2.45) is 5.92 Å². The topological polar surface area (TPSA) is 40.6 Å². The van der Waals surface area contributed by atoms with E-state index in [0.29, 0.717) is 19.5 Å². The van der Waals surface area contributed by atoms with Gasteiger partial charge in [-0.1, -0.05) is 12.1 Å². The predicted octanol–water partition coefficient (Wildman–Crippen LogP) is 2.99. The van der Waals surface area contributed by atoms with Crippen molar-refractivity contribution < 1.29 is 9.59 Å². The lowest BCUT2D eigenvalue weighted by molar-refractivity contribution is -0.131. The van der Waals surface area contributed by atoms with Gasteiger partial charge in [0.2, 0.25) is 11.8 Å². The van der Waals surface area contributed by atoms with Gasteiger partial charge in [0.15, 0.2) is 0 Å². The molecule has 1 aliphatic heterocycles. The summed E-state index contributed by atoms with van der Waals surface area (Å²) in [5, 5.41) is 0. The van der Waals surface area contributed by atoms with Crippen molar-refractivity contribution in [1.29, 1.82) is 0 Å². The Hall–Kier alpha value is -1.84. The molecule has 22 heavy (non-hydrogen) atoms. The molecule has 0 N–H and O–H groups in total. The number of likely N-dealkylation sites (tertiary alicyclic amines) is 1. The molecule has 0 aliphatic carbocycles. The van der Waals surface area contributed by atoms with Crippen LogP contribution in [0, 0.1) is 12.8 Å². The van der Waals surface area contributed by atoms with E-state index in [1.807, 2.05) is 63.8 Å². The van der Waals surface area contributed by atoms with Crippen molar-refractivity contribution in [2.75, 3.05) is 18.0 Å². The van der Waals surface area contributed by atoms with Gasteiger partial charge in [-0.05, 0) is 52.3 Å². The first-order chi connectivity index (χ1) is 10.2. The quantitative estimate of drug-likeness (QED) is 0.861. The average molecular weight is 302 g/mol. The molecule has 0 bridgehead atoms. The number of benzene rings is 1. The lowest BCUT2D eigenvalue weighted by Crippen LogP contribution is -2.43. The van der Waals surface area contributed by atoms with Gasteiger partial charge < -0.3 is 9.80 Å². The van der Waals surface area contributed by atoms with Crippen LogP contribution in [0.15, 0.2) is 24.3 Å². The molecule has 4 nitrogen and oxygen atoms in total. The van der Waals surface area contributed by atoms with E-state index >= 15 is 0 Å². The van der Waals surface area contributed by atoms with Gasteiger partial charge in [-0.15, -0.1) is 0 Å². The molecular formula is C18H26N2O2. The maximum Gasteiger partial charge on any atom is 0.232 e. The van der Waals surface area contributed by atoms with E-state index in [1.54, 1.807) is 4.90 Å². The van der Waals surface area contributed by atoms with Gasteiger partial charge in [0.1, 0.15) is 0 Å². The highest BCUT2D eigenvalue weighted by atomic mass is 16.2. The molecular weight excluding hydrogens is 276 g/mol. The summed E-state index contributed by atoms with van der Waals surface area (Å²) in [7, 11) is 0. The number of hydrogen-bond acceptors (Lipinski definition) is 2. The van der Waals surface area contributed by atoms with E-state index in [9.17, 15) is 9.59 Å². The smallest absolute Gasteiger partial charge is 0.232 e. The number of anilines is 1. The fraction of sp³-hybridized carbons (Fsp3) is 0.556. The summed E-state index contributed by atoms with van der Waals surface area (Å²) < 4.78 is 0. The monoisotopic (exact) mass is 302 g/mol. The van der Waals surface area contributed by atoms with E-state index in [1.165, 1.54) is 0 Å². The lowest BCUT2D eigenvalue weighted by atomic mass is 10.1. The van der Waals surface area contributed by atoms with Crippen molar-refractivity contribution in [3.05, 3.63) is 29.8 Å². The highest BCUT2D eigenvalue weighted by Gasteiger charge is 2.40. The lowest BCUT2D eigenvalue weighted by Gasteiger charge is -2.32. The third-order valence-electron chi connectivity index (χ3n) is 4.18. The van der Waals surface area contributed by atoms with Crippen LogP contribution in [0.2, 0.25) is 0 Å². The molecule has 120 valence electrons. The number of hydrogen-bond donors (Lipinski definition) is 0. The van der Waals surface area contributed by atoms with E-state index in [4.69, 9.17) is 0 Å². The molecule has 0 saturated carbocycles. The second-order valence-corrected chi connectivity index (χ2v) is 7.00. The molecule has 1 saturated heterocycles. The molecule has 1 heterocycles. The van der Waals surface area contributed by atoms with E-state index in [2.05, 4.69) is 0 Å². The van der Waals surface area contributed by atoms with Crippen molar-refractivity contribution in [3.8, 4) is 0 Å².